The number of nitrogens with zero attached hydrogens (tertiary/aromatic N) is 1. The Morgan fingerprint density at radius 3 is 2.71 bits per heavy atom. The van der Waals surface area contributed by atoms with Gasteiger partial charge in [-0.15, -0.1) is 0 Å². The number of pyridine rings is 1. The van der Waals surface area contributed by atoms with E-state index in [1.807, 2.05) is 0 Å². The zero-order chi connectivity index (χ0) is 15.9. The lowest BCUT2D eigenvalue weighted by Gasteiger charge is -2.08. The van der Waals surface area contributed by atoms with Gasteiger partial charge in [-0.3, -0.25) is 4.98 Å². The molecule has 0 atom stereocenters. The second-order valence-electron chi connectivity index (χ2n) is 4.96. The van der Waals surface area contributed by atoms with Gasteiger partial charge in [-0.05, 0) is 24.5 Å². The zero-order valence-corrected chi connectivity index (χ0v) is 13.8. The zero-order valence-electron chi connectivity index (χ0n) is 12.2. The number of nitrogens with one attached hydrogen (secondary N) is 1. The Bertz CT molecular complexity index is 557. The monoisotopic (exact) mass is 331 g/mol. The number of rotatable bonds is 9. The summed E-state index contributed by atoms with van der Waals surface area (Å²) in [4.78, 5) is 4.13. The van der Waals surface area contributed by atoms with Crippen LogP contribution in [0.1, 0.15) is 26.0 Å². The van der Waals surface area contributed by atoms with Gasteiger partial charge in [0.2, 0.25) is 10.0 Å². The Kier molecular flexibility index (Phi) is 7.16. The minimum absolute atomic E-state index is 0.0885. The molecule has 3 N–H and O–H groups in total. The van der Waals surface area contributed by atoms with Gasteiger partial charge in [-0.1, -0.05) is 26.1 Å². The third-order valence-corrected chi connectivity index (χ3v) is 4.16. The Labute approximate surface area is 131 Å². The van der Waals surface area contributed by atoms with Crippen LogP contribution in [0.2, 0.25) is 0 Å². The number of ether oxygens (including phenoxy) is 1. The number of aromatic nitrogens is 1. The third-order valence-electron chi connectivity index (χ3n) is 2.51. The van der Waals surface area contributed by atoms with Gasteiger partial charge in [0.05, 0.1) is 5.69 Å². The quantitative estimate of drug-likeness (QED) is 0.519. The number of thiocarbonyl (C=S) groups is 1. The van der Waals surface area contributed by atoms with Crippen molar-refractivity contribution in [3.63, 3.8) is 0 Å². The highest BCUT2D eigenvalue weighted by molar-refractivity contribution is 7.89. The van der Waals surface area contributed by atoms with Gasteiger partial charge in [-0.25, -0.2) is 13.1 Å². The van der Waals surface area contributed by atoms with E-state index in [9.17, 15) is 8.42 Å². The molecular weight excluding hydrogens is 310 g/mol. The molecule has 1 aromatic rings. The molecule has 0 aliphatic carbocycles. The van der Waals surface area contributed by atoms with Crippen molar-refractivity contribution in [2.24, 2.45) is 11.7 Å². The Morgan fingerprint density at radius 2 is 2.19 bits per heavy atom. The smallest absolute Gasteiger partial charge is 0.242 e. The molecular formula is C13H21N3O3S2. The fourth-order valence-corrected chi connectivity index (χ4v) is 2.61. The van der Waals surface area contributed by atoms with E-state index in [4.69, 9.17) is 22.7 Å². The van der Waals surface area contributed by atoms with E-state index >= 15 is 0 Å². The maximum absolute atomic E-state index is 12.0. The van der Waals surface area contributed by atoms with Gasteiger partial charge in [0, 0.05) is 26.0 Å². The first-order chi connectivity index (χ1) is 9.83. The molecule has 0 aliphatic rings. The van der Waals surface area contributed by atoms with Crippen LogP contribution >= 0.6 is 12.2 Å². The van der Waals surface area contributed by atoms with Gasteiger partial charge in [0.25, 0.3) is 0 Å². The third kappa shape index (κ3) is 6.47. The van der Waals surface area contributed by atoms with Gasteiger partial charge in [0.15, 0.2) is 0 Å². The summed E-state index contributed by atoms with van der Waals surface area (Å²) in [5, 5.41) is 0. The Balaban J connectivity index is 2.44. The first-order valence-corrected chi connectivity index (χ1v) is 8.55. The van der Waals surface area contributed by atoms with Gasteiger partial charge >= 0.3 is 0 Å². The summed E-state index contributed by atoms with van der Waals surface area (Å²) < 4.78 is 31.9. The van der Waals surface area contributed by atoms with Crippen LogP contribution in [0.3, 0.4) is 0 Å². The normalized spacial score (nSPS) is 11.8. The van der Waals surface area contributed by atoms with Gasteiger partial charge in [0.1, 0.15) is 9.88 Å². The van der Waals surface area contributed by atoms with Crippen LogP contribution < -0.4 is 10.5 Å². The van der Waals surface area contributed by atoms with E-state index < -0.39 is 10.0 Å². The molecule has 0 aromatic carbocycles. The lowest BCUT2D eigenvalue weighted by atomic mass is 10.2. The fourth-order valence-electron chi connectivity index (χ4n) is 1.47. The highest BCUT2D eigenvalue weighted by Gasteiger charge is 2.14. The molecule has 0 saturated heterocycles. The molecule has 0 amide bonds. The SMILES string of the molecule is CC(C)COCCCNS(=O)(=O)c1ccc(C(N)=S)nc1. The number of sulfonamides is 1. The molecule has 0 spiro atoms. The maximum Gasteiger partial charge on any atom is 0.242 e. The fraction of sp³-hybridized carbons (Fsp3) is 0.538. The highest BCUT2D eigenvalue weighted by atomic mass is 32.2. The summed E-state index contributed by atoms with van der Waals surface area (Å²) in [6.07, 6.45) is 1.86. The molecule has 6 nitrogen and oxygen atoms in total. The van der Waals surface area contributed by atoms with E-state index in [1.165, 1.54) is 18.3 Å². The van der Waals surface area contributed by atoms with Gasteiger partial charge in [-0.2, -0.15) is 0 Å². The van der Waals surface area contributed by atoms with Crippen molar-refractivity contribution in [3.05, 3.63) is 24.0 Å². The summed E-state index contributed by atoms with van der Waals surface area (Å²) in [6.45, 7) is 5.65. The van der Waals surface area contributed by atoms with E-state index in [0.717, 1.165) is 0 Å². The van der Waals surface area contributed by atoms with Crippen LogP contribution in [0.15, 0.2) is 23.2 Å². The second-order valence-corrected chi connectivity index (χ2v) is 7.17. The standard InChI is InChI=1S/C13H21N3O3S2/c1-10(2)9-19-7-3-6-16-21(17,18)11-4-5-12(13(14)20)15-8-11/h4-5,8,10,16H,3,6-7,9H2,1-2H3,(H2,14,20). The van der Waals surface area contributed by atoms with Crippen molar-refractivity contribution < 1.29 is 13.2 Å². The summed E-state index contributed by atoms with van der Waals surface area (Å²) >= 11 is 4.76. The minimum Gasteiger partial charge on any atom is -0.388 e. The number of nitrogens with two attached hydrogens (primary N) is 1. The Hall–Kier alpha value is -1.09. The van der Waals surface area contributed by atoms with Crippen LogP contribution in [0.25, 0.3) is 0 Å². The summed E-state index contributed by atoms with van der Waals surface area (Å²) in [5.41, 5.74) is 5.81. The van der Waals surface area contributed by atoms with E-state index in [-0.39, 0.29) is 9.88 Å². The first-order valence-electron chi connectivity index (χ1n) is 6.66. The van der Waals surface area contributed by atoms with Crippen molar-refractivity contribution in [1.29, 1.82) is 0 Å². The lowest BCUT2D eigenvalue weighted by molar-refractivity contribution is 0.108. The average Bonchev–Trinajstić information content (AvgIpc) is 2.42. The Morgan fingerprint density at radius 1 is 1.48 bits per heavy atom. The average molecular weight is 331 g/mol. The van der Waals surface area contributed by atoms with Gasteiger partial charge < -0.3 is 10.5 Å². The van der Waals surface area contributed by atoms with Crippen molar-refractivity contribution >= 4 is 27.2 Å². The molecule has 1 aromatic heterocycles. The molecule has 8 heteroatoms. The van der Waals surface area contributed by atoms with Crippen molar-refractivity contribution in [2.75, 3.05) is 19.8 Å². The maximum atomic E-state index is 12.0. The molecule has 21 heavy (non-hydrogen) atoms. The topological polar surface area (TPSA) is 94.3 Å². The molecule has 0 bridgehead atoms. The van der Waals surface area contributed by atoms with E-state index in [2.05, 4.69) is 23.6 Å². The van der Waals surface area contributed by atoms with Crippen molar-refractivity contribution in [1.82, 2.24) is 9.71 Å². The molecule has 0 radical (unpaired) electrons. The largest absolute Gasteiger partial charge is 0.388 e. The van der Waals surface area contributed by atoms with Crippen LogP contribution in [0.4, 0.5) is 0 Å². The minimum atomic E-state index is -3.56. The highest BCUT2D eigenvalue weighted by Crippen LogP contribution is 2.07. The molecule has 0 aliphatic heterocycles. The van der Waals surface area contributed by atoms with Crippen LogP contribution in [0.5, 0.6) is 0 Å². The van der Waals surface area contributed by atoms with E-state index in [1.54, 1.807) is 0 Å². The van der Waals surface area contributed by atoms with Crippen molar-refractivity contribution in [3.8, 4) is 0 Å². The number of hydrogen-bond donors (Lipinski definition) is 2. The second kappa shape index (κ2) is 8.38. The number of hydrogen-bond acceptors (Lipinski definition) is 5. The van der Waals surface area contributed by atoms with E-state index in [0.29, 0.717) is 37.8 Å². The molecule has 118 valence electrons. The summed E-state index contributed by atoms with van der Waals surface area (Å²) in [7, 11) is -3.56. The summed E-state index contributed by atoms with van der Waals surface area (Å²) in [5.74, 6) is 0.472. The van der Waals surface area contributed by atoms with Crippen LogP contribution in [-0.2, 0) is 14.8 Å². The van der Waals surface area contributed by atoms with Crippen LogP contribution in [0, 0.1) is 5.92 Å². The van der Waals surface area contributed by atoms with Crippen LogP contribution in [-0.4, -0.2) is 38.1 Å². The molecule has 0 saturated carbocycles. The predicted octanol–water partition coefficient (Wildman–Crippen LogP) is 1.06. The predicted molar refractivity (Wildman–Crippen MR) is 85.6 cm³/mol. The molecule has 1 heterocycles. The molecule has 1 rings (SSSR count). The first kappa shape index (κ1) is 18.0. The van der Waals surface area contributed by atoms with Crippen molar-refractivity contribution in [2.45, 2.75) is 25.2 Å². The lowest BCUT2D eigenvalue weighted by Crippen LogP contribution is -2.26. The molecule has 0 fully saturated rings. The summed E-state index contributed by atoms with van der Waals surface area (Å²) in [6, 6.07) is 2.92. The molecule has 0 unspecified atom stereocenters.